The molecule has 0 atom stereocenters. The van der Waals surface area contributed by atoms with Crippen LogP contribution in [-0.2, 0) is 0 Å². The van der Waals surface area contributed by atoms with Crippen LogP contribution in [0.4, 0.5) is 0 Å². The average molecular weight is 247 g/mol. The number of hydrogen-bond acceptors (Lipinski definition) is 4. The number of aromatic nitrogens is 1. The number of nitrogens with zero attached hydrogens (tertiary/aromatic N) is 1. The van der Waals surface area contributed by atoms with Gasteiger partial charge in [-0.3, -0.25) is 0 Å². The van der Waals surface area contributed by atoms with Crippen LogP contribution in [0.3, 0.4) is 0 Å². The van der Waals surface area contributed by atoms with Crippen molar-refractivity contribution in [3.05, 3.63) is 51.0 Å². The molecule has 0 saturated heterocycles. The Hall–Kier alpha value is -1.68. The normalized spacial score (nSPS) is 11.5. The Morgan fingerprint density at radius 2 is 1.94 bits per heavy atom. The van der Waals surface area contributed by atoms with Crippen molar-refractivity contribution in [3.8, 4) is 0 Å². The van der Waals surface area contributed by atoms with E-state index in [4.69, 9.17) is 4.42 Å². The van der Waals surface area contributed by atoms with E-state index < -0.39 is 0 Å². The fourth-order valence-electron chi connectivity index (χ4n) is 1.43. The fraction of sp³-hybridized carbons (Fsp3) is 0.231. The first-order valence-corrected chi connectivity index (χ1v) is 6.17. The Morgan fingerprint density at radius 1 is 1.24 bits per heavy atom. The molecule has 0 aliphatic heterocycles. The van der Waals surface area contributed by atoms with Crippen LogP contribution in [0.1, 0.15) is 36.8 Å². The highest BCUT2D eigenvalue weighted by Crippen LogP contribution is 2.15. The molecular formula is C13H13NO2S. The van der Waals surface area contributed by atoms with Gasteiger partial charge in [-0.25, -0.2) is 4.79 Å². The summed E-state index contributed by atoms with van der Waals surface area (Å²) in [6.07, 6.45) is 3.57. The molecule has 0 amide bonds. The van der Waals surface area contributed by atoms with Crippen molar-refractivity contribution in [2.24, 2.45) is 0 Å². The molecule has 4 heteroatoms. The maximum Gasteiger partial charge on any atom is 0.414 e. The SMILES string of the molecule is CC(C)c1ccc(/C=C/c2nsc(=O)o2)cc1. The molecule has 0 unspecified atom stereocenters. The van der Waals surface area contributed by atoms with Crippen LogP contribution in [0.5, 0.6) is 0 Å². The van der Waals surface area contributed by atoms with Gasteiger partial charge in [-0.1, -0.05) is 38.1 Å². The van der Waals surface area contributed by atoms with Crippen LogP contribution >= 0.6 is 11.5 Å². The van der Waals surface area contributed by atoms with Gasteiger partial charge in [-0.2, -0.15) is 0 Å². The van der Waals surface area contributed by atoms with Gasteiger partial charge >= 0.3 is 4.94 Å². The molecule has 88 valence electrons. The summed E-state index contributed by atoms with van der Waals surface area (Å²) in [5, 5.41) is 0. The minimum absolute atomic E-state index is 0.355. The van der Waals surface area contributed by atoms with Gasteiger partial charge in [0.1, 0.15) is 0 Å². The molecule has 0 spiro atoms. The number of hydrogen-bond donors (Lipinski definition) is 0. The van der Waals surface area contributed by atoms with Crippen molar-refractivity contribution in [1.29, 1.82) is 0 Å². The number of rotatable bonds is 3. The van der Waals surface area contributed by atoms with Crippen molar-refractivity contribution < 1.29 is 4.42 Å². The Kier molecular flexibility index (Phi) is 3.54. The van der Waals surface area contributed by atoms with E-state index in [2.05, 4.69) is 30.4 Å². The van der Waals surface area contributed by atoms with Gasteiger partial charge in [0.15, 0.2) is 0 Å². The standard InChI is InChI=1S/C13H13NO2S/c1-9(2)11-6-3-10(4-7-11)5-8-12-14-17-13(15)16-12/h3-9H,1-2H3/b8-5+. The molecule has 0 bridgehead atoms. The Balaban J connectivity index is 2.13. The third kappa shape index (κ3) is 3.14. The molecule has 0 aliphatic carbocycles. The van der Waals surface area contributed by atoms with E-state index in [1.807, 2.05) is 18.2 Å². The third-order valence-corrected chi connectivity index (χ3v) is 2.92. The van der Waals surface area contributed by atoms with Crippen molar-refractivity contribution >= 4 is 23.7 Å². The highest BCUT2D eigenvalue weighted by Gasteiger charge is 1.98. The maximum atomic E-state index is 10.8. The van der Waals surface area contributed by atoms with Crippen LogP contribution in [-0.4, -0.2) is 4.37 Å². The maximum absolute atomic E-state index is 10.8. The number of benzene rings is 1. The van der Waals surface area contributed by atoms with Gasteiger partial charge in [0.05, 0.1) is 11.5 Å². The zero-order valence-corrected chi connectivity index (χ0v) is 10.5. The Morgan fingerprint density at radius 3 is 2.47 bits per heavy atom. The van der Waals surface area contributed by atoms with E-state index in [-0.39, 0.29) is 4.94 Å². The first kappa shape index (κ1) is 11.8. The molecule has 0 N–H and O–H groups in total. The van der Waals surface area contributed by atoms with Gasteiger partial charge in [0, 0.05) is 6.08 Å². The predicted octanol–water partition coefficient (Wildman–Crippen LogP) is 3.39. The minimum Gasteiger partial charge on any atom is -0.395 e. The van der Waals surface area contributed by atoms with Crippen molar-refractivity contribution in [3.63, 3.8) is 0 Å². The molecule has 0 fully saturated rings. The van der Waals surface area contributed by atoms with Crippen LogP contribution < -0.4 is 4.94 Å². The molecule has 3 nitrogen and oxygen atoms in total. The quantitative estimate of drug-likeness (QED) is 0.835. The Bertz CT molecular complexity index is 564. The van der Waals surface area contributed by atoms with E-state index in [1.54, 1.807) is 6.08 Å². The third-order valence-electron chi connectivity index (χ3n) is 2.42. The highest BCUT2D eigenvalue weighted by molar-refractivity contribution is 7.02. The highest BCUT2D eigenvalue weighted by atomic mass is 32.1. The summed E-state index contributed by atoms with van der Waals surface area (Å²) in [7, 11) is 0. The van der Waals surface area contributed by atoms with Gasteiger partial charge in [-0.15, -0.1) is 4.37 Å². The van der Waals surface area contributed by atoms with Gasteiger partial charge < -0.3 is 4.42 Å². The molecule has 0 radical (unpaired) electrons. The second-order valence-corrected chi connectivity index (χ2v) is 4.73. The van der Waals surface area contributed by atoms with Crippen LogP contribution in [0.25, 0.3) is 12.2 Å². The smallest absolute Gasteiger partial charge is 0.395 e. The zero-order chi connectivity index (χ0) is 12.3. The molecule has 2 aromatic rings. The predicted molar refractivity (Wildman–Crippen MR) is 70.1 cm³/mol. The van der Waals surface area contributed by atoms with Crippen molar-refractivity contribution in [2.75, 3.05) is 0 Å². The van der Waals surface area contributed by atoms with Gasteiger partial charge in [-0.05, 0) is 23.1 Å². The minimum atomic E-state index is -0.375. The average Bonchev–Trinajstić information content (AvgIpc) is 2.73. The van der Waals surface area contributed by atoms with Crippen molar-refractivity contribution in [2.45, 2.75) is 19.8 Å². The lowest BCUT2D eigenvalue weighted by molar-refractivity contribution is 0.516. The molecule has 0 saturated carbocycles. The summed E-state index contributed by atoms with van der Waals surface area (Å²) >= 11 is 0.822. The van der Waals surface area contributed by atoms with Gasteiger partial charge in [0.25, 0.3) is 0 Å². The Labute approximate surface area is 104 Å². The molecule has 1 aromatic heterocycles. The summed E-state index contributed by atoms with van der Waals surface area (Å²) in [5.41, 5.74) is 2.37. The fourth-order valence-corrected chi connectivity index (χ4v) is 1.81. The molecule has 1 aromatic carbocycles. The second-order valence-electron chi connectivity index (χ2n) is 4.03. The van der Waals surface area contributed by atoms with E-state index in [0.29, 0.717) is 11.8 Å². The van der Waals surface area contributed by atoms with E-state index in [0.717, 1.165) is 17.1 Å². The summed E-state index contributed by atoms with van der Waals surface area (Å²) in [5.74, 6) is 0.887. The summed E-state index contributed by atoms with van der Waals surface area (Å²) in [6, 6.07) is 8.27. The molecule has 0 aliphatic rings. The largest absolute Gasteiger partial charge is 0.414 e. The lowest BCUT2D eigenvalue weighted by Crippen LogP contribution is -1.85. The van der Waals surface area contributed by atoms with E-state index in [9.17, 15) is 4.79 Å². The van der Waals surface area contributed by atoms with Crippen LogP contribution in [0.15, 0.2) is 33.5 Å². The molecule has 1 heterocycles. The first-order valence-electron chi connectivity index (χ1n) is 5.40. The van der Waals surface area contributed by atoms with Gasteiger partial charge in [0.2, 0.25) is 5.89 Å². The molecular weight excluding hydrogens is 234 g/mol. The van der Waals surface area contributed by atoms with Crippen LogP contribution in [0.2, 0.25) is 0 Å². The topological polar surface area (TPSA) is 43.1 Å². The van der Waals surface area contributed by atoms with E-state index >= 15 is 0 Å². The van der Waals surface area contributed by atoms with Crippen molar-refractivity contribution in [1.82, 2.24) is 4.37 Å². The van der Waals surface area contributed by atoms with E-state index in [1.165, 1.54) is 5.56 Å². The summed E-state index contributed by atoms with van der Waals surface area (Å²) in [6.45, 7) is 4.32. The van der Waals surface area contributed by atoms with Crippen LogP contribution in [0, 0.1) is 0 Å². The molecule has 17 heavy (non-hydrogen) atoms. The second kappa shape index (κ2) is 5.10. The molecule has 2 rings (SSSR count). The first-order chi connectivity index (χ1) is 8.15. The lowest BCUT2D eigenvalue weighted by Gasteiger charge is -2.04. The summed E-state index contributed by atoms with van der Waals surface area (Å²) < 4.78 is 8.68. The zero-order valence-electron chi connectivity index (χ0n) is 9.71. The summed E-state index contributed by atoms with van der Waals surface area (Å²) in [4.78, 5) is 10.4. The monoisotopic (exact) mass is 247 g/mol. The lowest BCUT2D eigenvalue weighted by atomic mass is 10.0.